The van der Waals surface area contributed by atoms with E-state index in [2.05, 4.69) is 6.92 Å². The van der Waals surface area contributed by atoms with Crippen molar-refractivity contribution >= 4 is 7.12 Å². The average molecular weight is 326 g/mol. The number of rotatable bonds is 15. The molecule has 0 saturated carbocycles. The minimum Gasteiger partial charge on any atom is -0.427 e. The van der Waals surface area contributed by atoms with Crippen LogP contribution in [0.1, 0.15) is 96.8 Å². The van der Waals surface area contributed by atoms with E-state index in [1.54, 1.807) is 0 Å². The van der Waals surface area contributed by atoms with Crippen LogP contribution in [0, 0.1) is 0 Å². The van der Waals surface area contributed by atoms with Gasteiger partial charge in [0.15, 0.2) is 0 Å². The summed E-state index contributed by atoms with van der Waals surface area (Å²) in [5, 5.41) is 17.4. The molecule has 4 heteroatoms. The molecule has 0 aromatic rings. The monoisotopic (exact) mass is 326 g/mol. The molecule has 0 amide bonds. The molecule has 0 aliphatic heterocycles. The minimum atomic E-state index is -1.10. The summed E-state index contributed by atoms with van der Waals surface area (Å²) < 4.78 is 0. The fourth-order valence-electron chi connectivity index (χ4n) is 2.52. The van der Waals surface area contributed by atoms with Crippen molar-refractivity contribution in [3.63, 3.8) is 0 Å². The molecule has 0 aromatic carbocycles. The van der Waals surface area contributed by atoms with E-state index in [-0.39, 0.29) is 17.1 Å². The molecule has 0 heterocycles. The van der Waals surface area contributed by atoms with Crippen LogP contribution >= 0.6 is 0 Å². The Bertz CT molecular complexity index is 169. The Kier molecular flexibility index (Phi) is 22.2. The number of hydrogen-bond acceptors (Lipinski definition) is 2. The molecule has 2 N–H and O–H groups in total. The van der Waals surface area contributed by atoms with Crippen molar-refractivity contribution in [3.05, 3.63) is 0 Å². The van der Waals surface area contributed by atoms with Gasteiger partial charge in [0, 0.05) is 17.1 Å². The maximum Gasteiger partial charge on any atom is 0.451 e. The summed E-state index contributed by atoms with van der Waals surface area (Å²) in [6.07, 6.45) is 19.3. The Morgan fingerprint density at radius 2 is 0.850 bits per heavy atom. The van der Waals surface area contributed by atoms with Gasteiger partial charge in [-0.25, -0.2) is 0 Å². The SMILES string of the molecule is CCCCCCCCCCCCCCCCB(O)O.[Fe]. The van der Waals surface area contributed by atoms with Gasteiger partial charge in [0.25, 0.3) is 0 Å². The first-order valence-corrected chi connectivity index (χ1v) is 8.63. The third-order valence-electron chi connectivity index (χ3n) is 3.82. The topological polar surface area (TPSA) is 40.5 Å². The van der Waals surface area contributed by atoms with E-state index in [1.165, 1.54) is 77.0 Å². The van der Waals surface area contributed by atoms with Gasteiger partial charge in [-0.2, -0.15) is 0 Å². The normalized spacial score (nSPS) is 10.3. The third-order valence-corrected chi connectivity index (χ3v) is 3.82. The van der Waals surface area contributed by atoms with Gasteiger partial charge >= 0.3 is 7.12 Å². The first-order valence-electron chi connectivity index (χ1n) is 8.63. The van der Waals surface area contributed by atoms with Gasteiger partial charge in [-0.1, -0.05) is 96.8 Å². The molecule has 0 aromatic heterocycles. The predicted molar refractivity (Wildman–Crippen MR) is 85.3 cm³/mol. The van der Waals surface area contributed by atoms with Crippen LogP contribution in [0.25, 0.3) is 0 Å². The van der Waals surface area contributed by atoms with Gasteiger partial charge < -0.3 is 10.0 Å². The van der Waals surface area contributed by atoms with E-state index in [9.17, 15) is 0 Å². The van der Waals surface area contributed by atoms with E-state index in [1.807, 2.05) is 0 Å². The Morgan fingerprint density at radius 1 is 0.550 bits per heavy atom. The molecule has 0 aliphatic rings. The molecule has 0 atom stereocenters. The number of hydrogen-bond donors (Lipinski definition) is 2. The van der Waals surface area contributed by atoms with E-state index in [4.69, 9.17) is 10.0 Å². The molecule has 20 heavy (non-hydrogen) atoms. The minimum absolute atomic E-state index is 0. The molecule has 0 fully saturated rings. The van der Waals surface area contributed by atoms with E-state index >= 15 is 0 Å². The second kappa shape index (κ2) is 19.5. The summed E-state index contributed by atoms with van der Waals surface area (Å²) in [7, 11) is -1.10. The van der Waals surface area contributed by atoms with E-state index < -0.39 is 7.12 Å². The molecule has 2 nitrogen and oxygen atoms in total. The van der Waals surface area contributed by atoms with Crippen LogP contribution in [-0.4, -0.2) is 17.2 Å². The van der Waals surface area contributed by atoms with Crippen molar-refractivity contribution in [2.24, 2.45) is 0 Å². The maximum absolute atomic E-state index is 8.70. The van der Waals surface area contributed by atoms with Gasteiger partial charge in [-0.15, -0.1) is 0 Å². The zero-order valence-corrected chi connectivity index (χ0v) is 14.5. The van der Waals surface area contributed by atoms with Crippen molar-refractivity contribution in [2.45, 2.75) is 103 Å². The van der Waals surface area contributed by atoms with Crippen LogP contribution in [0.15, 0.2) is 0 Å². The maximum atomic E-state index is 8.70. The van der Waals surface area contributed by atoms with Gasteiger partial charge in [0.1, 0.15) is 0 Å². The third kappa shape index (κ3) is 20.8. The average Bonchev–Trinajstić information content (AvgIpc) is 2.39. The molecule has 0 bridgehead atoms. The molecule has 0 spiro atoms. The fraction of sp³-hybridized carbons (Fsp3) is 1.00. The second-order valence-electron chi connectivity index (χ2n) is 5.87. The van der Waals surface area contributed by atoms with Gasteiger partial charge in [0.2, 0.25) is 0 Å². The molecule has 0 rings (SSSR count). The Labute approximate surface area is 137 Å². The summed E-state index contributed by atoms with van der Waals surface area (Å²) in [6, 6.07) is 0. The van der Waals surface area contributed by atoms with Gasteiger partial charge in [-0.3, -0.25) is 0 Å². The standard InChI is InChI=1S/C16H35BO2.Fe/c1-2-3-4-5-6-7-8-9-10-11-12-13-14-15-16-17(18)19;/h18-19H,2-16H2,1H3;. The summed E-state index contributed by atoms with van der Waals surface area (Å²) in [5.74, 6) is 0. The Hall–Kier alpha value is 0.504. The summed E-state index contributed by atoms with van der Waals surface area (Å²) in [5.41, 5.74) is 0. The first kappa shape index (κ1) is 22.8. The van der Waals surface area contributed by atoms with Gasteiger partial charge in [-0.05, 0) is 6.32 Å². The predicted octanol–water partition coefficient (Wildman–Crippen LogP) is 4.94. The molecule has 0 saturated heterocycles. The van der Waals surface area contributed by atoms with Crippen LogP contribution < -0.4 is 0 Å². The van der Waals surface area contributed by atoms with Crippen molar-refractivity contribution in [2.75, 3.05) is 0 Å². The molecular weight excluding hydrogens is 291 g/mol. The van der Waals surface area contributed by atoms with Crippen molar-refractivity contribution in [3.8, 4) is 0 Å². The van der Waals surface area contributed by atoms with Crippen molar-refractivity contribution in [1.82, 2.24) is 0 Å². The van der Waals surface area contributed by atoms with Crippen LogP contribution in [0.2, 0.25) is 6.32 Å². The van der Waals surface area contributed by atoms with Crippen LogP contribution in [-0.2, 0) is 17.1 Å². The number of unbranched alkanes of at least 4 members (excludes halogenated alkanes) is 13. The van der Waals surface area contributed by atoms with Crippen LogP contribution in [0.4, 0.5) is 0 Å². The smallest absolute Gasteiger partial charge is 0.427 e. The van der Waals surface area contributed by atoms with Gasteiger partial charge in [0.05, 0.1) is 0 Å². The van der Waals surface area contributed by atoms with Crippen molar-refractivity contribution in [1.29, 1.82) is 0 Å². The molecule has 0 radical (unpaired) electrons. The zero-order chi connectivity index (χ0) is 14.2. The summed E-state index contributed by atoms with van der Waals surface area (Å²) in [6.45, 7) is 2.27. The Balaban J connectivity index is 0. The zero-order valence-electron chi connectivity index (χ0n) is 13.4. The van der Waals surface area contributed by atoms with Crippen LogP contribution in [0.5, 0.6) is 0 Å². The molecule has 0 aliphatic carbocycles. The molecule has 0 unspecified atom stereocenters. The van der Waals surface area contributed by atoms with E-state index in [0.717, 1.165) is 12.8 Å². The summed E-state index contributed by atoms with van der Waals surface area (Å²) >= 11 is 0. The largest absolute Gasteiger partial charge is 0.451 e. The Morgan fingerprint density at radius 3 is 1.15 bits per heavy atom. The first-order chi connectivity index (χ1) is 9.27. The molecule has 122 valence electrons. The molecular formula is C16H35BFeO2. The fourth-order valence-corrected chi connectivity index (χ4v) is 2.52. The quantitative estimate of drug-likeness (QED) is 0.331. The summed E-state index contributed by atoms with van der Waals surface area (Å²) in [4.78, 5) is 0. The second-order valence-corrected chi connectivity index (χ2v) is 5.87. The van der Waals surface area contributed by atoms with Crippen molar-refractivity contribution < 1.29 is 27.1 Å². The van der Waals surface area contributed by atoms with E-state index in [0.29, 0.717) is 6.32 Å². The van der Waals surface area contributed by atoms with Crippen LogP contribution in [0.3, 0.4) is 0 Å².